The SMILES string of the molecule is Cc1ccc(Cl)cc1NC(=O)c1cc([N+](=O)[O-])ccc1NCCN1C(=O)c2ccccc2C1=O. The molecular formula is C24H19ClN4O5. The number of nitrogens with one attached hydrogen (secondary N) is 2. The van der Waals surface area contributed by atoms with Gasteiger partial charge in [0.25, 0.3) is 23.4 Å². The van der Waals surface area contributed by atoms with Crippen LogP contribution >= 0.6 is 11.6 Å². The Balaban J connectivity index is 1.52. The molecule has 3 aromatic carbocycles. The highest BCUT2D eigenvalue weighted by atomic mass is 35.5. The number of nitro benzene ring substituents is 1. The number of imide groups is 1. The number of anilines is 2. The largest absolute Gasteiger partial charge is 0.383 e. The van der Waals surface area contributed by atoms with Crippen molar-refractivity contribution >= 4 is 46.4 Å². The molecule has 0 saturated carbocycles. The van der Waals surface area contributed by atoms with E-state index in [1.54, 1.807) is 49.4 Å². The van der Waals surface area contributed by atoms with Gasteiger partial charge in [-0.25, -0.2) is 0 Å². The number of non-ortho nitro benzene ring substituents is 1. The quantitative estimate of drug-likeness (QED) is 0.292. The van der Waals surface area contributed by atoms with Gasteiger partial charge in [0, 0.05) is 41.6 Å². The Bertz CT molecular complexity index is 1310. The Morgan fingerprint density at radius 2 is 1.68 bits per heavy atom. The maximum atomic E-state index is 13.0. The molecule has 4 rings (SSSR count). The lowest BCUT2D eigenvalue weighted by molar-refractivity contribution is -0.384. The minimum absolute atomic E-state index is 0.0379. The van der Waals surface area contributed by atoms with Crippen molar-refractivity contribution in [1.29, 1.82) is 0 Å². The van der Waals surface area contributed by atoms with Gasteiger partial charge in [-0.05, 0) is 42.8 Å². The number of rotatable bonds is 7. The molecule has 3 amide bonds. The highest BCUT2D eigenvalue weighted by Gasteiger charge is 2.34. The van der Waals surface area contributed by atoms with Crippen molar-refractivity contribution < 1.29 is 19.3 Å². The molecule has 0 unspecified atom stereocenters. The Labute approximate surface area is 199 Å². The fourth-order valence-electron chi connectivity index (χ4n) is 3.65. The summed E-state index contributed by atoms with van der Waals surface area (Å²) in [5.41, 5.74) is 2.04. The first-order valence-corrected chi connectivity index (χ1v) is 10.7. The lowest BCUT2D eigenvalue weighted by Gasteiger charge is -2.17. The Morgan fingerprint density at radius 3 is 2.32 bits per heavy atom. The predicted molar refractivity (Wildman–Crippen MR) is 128 cm³/mol. The van der Waals surface area contributed by atoms with E-state index in [2.05, 4.69) is 10.6 Å². The summed E-state index contributed by atoms with van der Waals surface area (Å²) in [6.07, 6.45) is 0. The van der Waals surface area contributed by atoms with Crippen LogP contribution in [0.5, 0.6) is 0 Å². The predicted octanol–water partition coefficient (Wildman–Crippen LogP) is 4.52. The third-order valence-corrected chi connectivity index (χ3v) is 5.67. The molecule has 1 heterocycles. The lowest BCUT2D eigenvalue weighted by Crippen LogP contribution is -2.34. The van der Waals surface area contributed by atoms with Gasteiger partial charge in [0.15, 0.2) is 0 Å². The van der Waals surface area contributed by atoms with Crippen LogP contribution in [0.3, 0.4) is 0 Å². The summed E-state index contributed by atoms with van der Waals surface area (Å²) in [6.45, 7) is 1.98. The normalized spacial score (nSPS) is 12.5. The van der Waals surface area contributed by atoms with Crippen LogP contribution in [0.25, 0.3) is 0 Å². The van der Waals surface area contributed by atoms with Crippen LogP contribution in [0.2, 0.25) is 5.02 Å². The Morgan fingerprint density at radius 1 is 1.00 bits per heavy atom. The number of carbonyl (C=O) groups is 3. The van der Waals surface area contributed by atoms with Crippen molar-refractivity contribution in [2.24, 2.45) is 0 Å². The highest BCUT2D eigenvalue weighted by molar-refractivity contribution is 6.31. The molecule has 1 aliphatic heterocycles. The van der Waals surface area contributed by atoms with E-state index in [1.807, 2.05) is 0 Å². The topological polar surface area (TPSA) is 122 Å². The van der Waals surface area contributed by atoms with E-state index < -0.39 is 10.8 Å². The van der Waals surface area contributed by atoms with Crippen molar-refractivity contribution in [3.05, 3.63) is 98.1 Å². The van der Waals surface area contributed by atoms with E-state index in [4.69, 9.17) is 11.6 Å². The van der Waals surface area contributed by atoms with E-state index >= 15 is 0 Å². The molecule has 0 fully saturated rings. The molecule has 0 spiro atoms. The number of carbonyl (C=O) groups excluding carboxylic acids is 3. The molecule has 2 N–H and O–H groups in total. The van der Waals surface area contributed by atoms with Crippen LogP contribution in [0.1, 0.15) is 36.6 Å². The maximum absolute atomic E-state index is 13.0. The zero-order valence-corrected chi connectivity index (χ0v) is 18.8. The van der Waals surface area contributed by atoms with E-state index in [9.17, 15) is 24.5 Å². The van der Waals surface area contributed by atoms with Crippen LogP contribution in [-0.2, 0) is 0 Å². The number of hydrogen-bond donors (Lipinski definition) is 2. The third-order valence-electron chi connectivity index (χ3n) is 5.44. The zero-order valence-electron chi connectivity index (χ0n) is 18.0. The smallest absolute Gasteiger partial charge is 0.270 e. The first-order valence-electron chi connectivity index (χ1n) is 10.3. The molecule has 1 aliphatic rings. The molecule has 3 aromatic rings. The fourth-order valence-corrected chi connectivity index (χ4v) is 3.82. The minimum atomic E-state index is -0.593. The first-order chi connectivity index (χ1) is 16.3. The second-order valence-corrected chi connectivity index (χ2v) is 8.07. The Kier molecular flexibility index (Phi) is 6.29. The minimum Gasteiger partial charge on any atom is -0.383 e. The van der Waals surface area contributed by atoms with Gasteiger partial charge >= 0.3 is 0 Å². The monoisotopic (exact) mass is 478 g/mol. The number of nitrogens with zero attached hydrogens (tertiary/aromatic N) is 2. The van der Waals surface area contributed by atoms with Crippen molar-refractivity contribution in [3.63, 3.8) is 0 Å². The zero-order chi connectivity index (χ0) is 24.4. The van der Waals surface area contributed by atoms with Crippen molar-refractivity contribution in [3.8, 4) is 0 Å². The molecule has 172 valence electrons. The summed E-state index contributed by atoms with van der Waals surface area (Å²) in [5, 5.41) is 17.4. The summed E-state index contributed by atoms with van der Waals surface area (Å²) in [7, 11) is 0. The summed E-state index contributed by atoms with van der Waals surface area (Å²) >= 11 is 6.02. The lowest BCUT2D eigenvalue weighted by atomic mass is 10.1. The van der Waals surface area contributed by atoms with Gasteiger partial charge in [0.1, 0.15) is 0 Å². The molecule has 0 atom stereocenters. The molecule has 0 radical (unpaired) electrons. The average Bonchev–Trinajstić information content (AvgIpc) is 3.06. The number of aryl methyl sites for hydroxylation is 1. The number of nitro groups is 1. The standard InChI is InChI=1S/C24H19ClN4O5/c1-14-6-7-15(25)12-21(14)27-22(30)19-13-16(29(33)34)8-9-20(19)26-10-11-28-23(31)17-4-2-3-5-18(17)24(28)32/h2-9,12-13,26H,10-11H2,1H3,(H,27,30). The van der Waals surface area contributed by atoms with Gasteiger partial charge in [-0.3, -0.25) is 29.4 Å². The van der Waals surface area contributed by atoms with Crippen LogP contribution in [-0.4, -0.2) is 40.6 Å². The van der Waals surface area contributed by atoms with Gasteiger partial charge in [-0.2, -0.15) is 0 Å². The van der Waals surface area contributed by atoms with E-state index in [0.29, 0.717) is 27.5 Å². The van der Waals surface area contributed by atoms with Crippen molar-refractivity contribution in [2.45, 2.75) is 6.92 Å². The molecule has 0 saturated heterocycles. The number of halogens is 1. The van der Waals surface area contributed by atoms with E-state index in [0.717, 1.165) is 10.5 Å². The fraction of sp³-hybridized carbons (Fsp3) is 0.125. The number of benzene rings is 3. The molecule has 34 heavy (non-hydrogen) atoms. The van der Waals surface area contributed by atoms with Gasteiger partial charge in [0.05, 0.1) is 21.6 Å². The van der Waals surface area contributed by atoms with Crippen LogP contribution in [0, 0.1) is 17.0 Å². The number of amides is 3. The second-order valence-electron chi connectivity index (χ2n) is 7.63. The van der Waals surface area contributed by atoms with Crippen LogP contribution in [0.4, 0.5) is 17.1 Å². The number of fused-ring (bicyclic) bond motifs is 1. The van der Waals surface area contributed by atoms with Gasteiger partial charge < -0.3 is 10.6 Å². The molecule has 10 heteroatoms. The van der Waals surface area contributed by atoms with Crippen molar-refractivity contribution in [1.82, 2.24) is 4.90 Å². The van der Waals surface area contributed by atoms with Crippen LogP contribution < -0.4 is 10.6 Å². The summed E-state index contributed by atoms with van der Waals surface area (Å²) in [5.74, 6) is -1.35. The summed E-state index contributed by atoms with van der Waals surface area (Å²) in [6, 6.07) is 15.4. The summed E-state index contributed by atoms with van der Waals surface area (Å²) in [4.78, 5) is 49.9. The molecule has 9 nitrogen and oxygen atoms in total. The highest BCUT2D eigenvalue weighted by Crippen LogP contribution is 2.26. The van der Waals surface area contributed by atoms with Crippen LogP contribution in [0.15, 0.2) is 60.7 Å². The van der Waals surface area contributed by atoms with E-state index in [-0.39, 0.29) is 36.2 Å². The molecular weight excluding hydrogens is 460 g/mol. The Hall–Kier alpha value is -4.24. The summed E-state index contributed by atoms with van der Waals surface area (Å²) < 4.78 is 0. The second kappa shape index (κ2) is 9.32. The van der Waals surface area contributed by atoms with Gasteiger partial charge in [-0.1, -0.05) is 29.8 Å². The van der Waals surface area contributed by atoms with Gasteiger partial charge in [-0.15, -0.1) is 0 Å². The third kappa shape index (κ3) is 4.46. The molecule has 0 bridgehead atoms. The average molecular weight is 479 g/mol. The van der Waals surface area contributed by atoms with Gasteiger partial charge in [0.2, 0.25) is 0 Å². The van der Waals surface area contributed by atoms with E-state index in [1.165, 1.54) is 18.2 Å². The number of hydrogen-bond acceptors (Lipinski definition) is 6. The molecule has 0 aliphatic carbocycles. The van der Waals surface area contributed by atoms with Crippen molar-refractivity contribution in [2.75, 3.05) is 23.7 Å². The molecule has 0 aromatic heterocycles. The first kappa shape index (κ1) is 22.9. The maximum Gasteiger partial charge on any atom is 0.270 e.